The number of carbonyl (C=O) groups is 1. The van der Waals surface area contributed by atoms with Gasteiger partial charge in [0.15, 0.2) is 5.96 Å². The molecule has 0 unspecified atom stereocenters. The van der Waals surface area contributed by atoms with Crippen molar-refractivity contribution in [2.24, 2.45) is 4.99 Å². The van der Waals surface area contributed by atoms with Crippen molar-refractivity contribution in [1.82, 2.24) is 15.5 Å². The molecule has 0 aliphatic heterocycles. The smallest absolute Gasteiger partial charge is 0.253 e. The van der Waals surface area contributed by atoms with Crippen LogP contribution in [0.4, 0.5) is 0 Å². The number of aliphatic imine (C=N–C) groups is 1. The number of guanidine groups is 1. The second-order valence-electron chi connectivity index (χ2n) is 5.57. The maximum absolute atomic E-state index is 11.9. The first kappa shape index (κ1) is 20.0. The first-order valence-electron chi connectivity index (χ1n) is 8.49. The van der Waals surface area contributed by atoms with Gasteiger partial charge in [-0.3, -0.25) is 4.79 Å². The molecule has 0 heterocycles. The zero-order chi connectivity index (χ0) is 17.8. The van der Waals surface area contributed by atoms with E-state index in [1.807, 2.05) is 38.1 Å². The Kier molecular flexibility index (Phi) is 9.53. The van der Waals surface area contributed by atoms with Gasteiger partial charge >= 0.3 is 0 Å². The second-order valence-corrected chi connectivity index (χ2v) is 5.57. The molecule has 0 bridgehead atoms. The molecular weight excluding hydrogens is 304 g/mol. The van der Waals surface area contributed by atoms with Gasteiger partial charge in [0.25, 0.3) is 5.91 Å². The van der Waals surface area contributed by atoms with Gasteiger partial charge < -0.3 is 20.3 Å². The number of hydrogen-bond acceptors (Lipinski definition) is 3. The Hall–Kier alpha value is -2.08. The fourth-order valence-corrected chi connectivity index (χ4v) is 2.05. The van der Waals surface area contributed by atoms with Gasteiger partial charge in [-0.15, -0.1) is 0 Å². The van der Waals surface area contributed by atoms with E-state index in [9.17, 15) is 4.79 Å². The molecule has 0 atom stereocenters. The number of ether oxygens (including phenoxy) is 1. The SMILES string of the molecule is CCNC(=NCc1ccc(C(=O)N(C)C)cc1)NCCCOCC. The molecule has 134 valence electrons. The molecule has 0 saturated carbocycles. The third-order valence-corrected chi connectivity index (χ3v) is 3.33. The predicted molar refractivity (Wildman–Crippen MR) is 98.4 cm³/mol. The Labute approximate surface area is 145 Å². The lowest BCUT2D eigenvalue weighted by Crippen LogP contribution is -2.38. The van der Waals surface area contributed by atoms with E-state index in [1.165, 1.54) is 0 Å². The molecule has 6 heteroatoms. The average Bonchev–Trinajstić information content (AvgIpc) is 2.59. The van der Waals surface area contributed by atoms with Gasteiger partial charge in [-0.25, -0.2) is 4.99 Å². The number of hydrogen-bond donors (Lipinski definition) is 2. The van der Waals surface area contributed by atoms with E-state index in [4.69, 9.17) is 4.74 Å². The lowest BCUT2D eigenvalue weighted by Gasteiger charge is -2.12. The molecule has 24 heavy (non-hydrogen) atoms. The molecule has 0 aliphatic rings. The van der Waals surface area contributed by atoms with E-state index in [-0.39, 0.29) is 5.91 Å². The summed E-state index contributed by atoms with van der Waals surface area (Å²) in [5, 5.41) is 6.52. The van der Waals surface area contributed by atoms with Crippen molar-refractivity contribution >= 4 is 11.9 Å². The molecule has 0 aromatic heterocycles. The standard InChI is InChI=1S/C18H30N4O2/c1-5-19-18(20-12-7-13-24-6-2)21-14-15-8-10-16(11-9-15)17(23)22(3)4/h8-11H,5-7,12-14H2,1-4H3,(H2,19,20,21). The van der Waals surface area contributed by atoms with Crippen molar-refractivity contribution in [1.29, 1.82) is 0 Å². The van der Waals surface area contributed by atoms with E-state index in [1.54, 1.807) is 19.0 Å². The van der Waals surface area contributed by atoms with Crippen LogP contribution < -0.4 is 10.6 Å². The van der Waals surface area contributed by atoms with E-state index < -0.39 is 0 Å². The molecule has 0 spiro atoms. The molecule has 0 aliphatic carbocycles. The summed E-state index contributed by atoms with van der Waals surface area (Å²) >= 11 is 0. The van der Waals surface area contributed by atoms with Crippen LogP contribution in [0, 0.1) is 0 Å². The normalized spacial score (nSPS) is 11.2. The zero-order valence-corrected chi connectivity index (χ0v) is 15.3. The van der Waals surface area contributed by atoms with E-state index in [0.29, 0.717) is 12.1 Å². The Morgan fingerprint density at radius 3 is 2.46 bits per heavy atom. The predicted octanol–water partition coefficient (Wildman–Crippen LogP) is 1.87. The number of nitrogens with zero attached hydrogens (tertiary/aromatic N) is 2. The fourth-order valence-electron chi connectivity index (χ4n) is 2.05. The fraction of sp³-hybridized carbons (Fsp3) is 0.556. The van der Waals surface area contributed by atoms with Crippen LogP contribution in [0.2, 0.25) is 0 Å². The molecule has 0 radical (unpaired) electrons. The summed E-state index contributed by atoms with van der Waals surface area (Å²) in [5.74, 6) is 0.803. The summed E-state index contributed by atoms with van der Waals surface area (Å²) in [5.41, 5.74) is 1.76. The van der Waals surface area contributed by atoms with Gasteiger partial charge in [-0.1, -0.05) is 12.1 Å². The first-order valence-corrected chi connectivity index (χ1v) is 8.49. The second kappa shape index (κ2) is 11.5. The summed E-state index contributed by atoms with van der Waals surface area (Å²) in [7, 11) is 3.50. The van der Waals surface area contributed by atoms with Crippen molar-refractivity contribution in [3.63, 3.8) is 0 Å². The van der Waals surface area contributed by atoms with Crippen LogP contribution in [0.5, 0.6) is 0 Å². The highest BCUT2D eigenvalue weighted by atomic mass is 16.5. The van der Waals surface area contributed by atoms with Crippen LogP contribution in [-0.2, 0) is 11.3 Å². The highest BCUT2D eigenvalue weighted by Gasteiger charge is 2.07. The Morgan fingerprint density at radius 2 is 1.88 bits per heavy atom. The molecule has 1 rings (SSSR count). The zero-order valence-electron chi connectivity index (χ0n) is 15.3. The van der Waals surface area contributed by atoms with Crippen LogP contribution in [0.15, 0.2) is 29.3 Å². The van der Waals surface area contributed by atoms with E-state index in [2.05, 4.69) is 15.6 Å². The Morgan fingerprint density at radius 1 is 1.17 bits per heavy atom. The summed E-state index contributed by atoms with van der Waals surface area (Å²) in [6.45, 7) is 7.74. The van der Waals surface area contributed by atoms with E-state index >= 15 is 0 Å². The van der Waals surface area contributed by atoms with Gasteiger partial charge in [0.05, 0.1) is 6.54 Å². The van der Waals surface area contributed by atoms with Crippen molar-refractivity contribution in [2.75, 3.05) is 40.4 Å². The molecule has 0 fully saturated rings. The molecular formula is C18H30N4O2. The van der Waals surface area contributed by atoms with Gasteiger partial charge in [0, 0.05) is 46.0 Å². The van der Waals surface area contributed by atoms with Crippen molar-refractivity contribution in [3.8, 4) is 0 Å². The van der Waals surface area contributed by atoms with Gasteiger partial charge in [-0.05, 0) is 38.0 Å². The van der Waals surface area contributed by atoms with Crippen molar-refractivity contribution in [2.45, 2.75) is 26.8 Å². The van der Waals surface area contributed by atoms with Crippen LogP contribution in [-0.4, -0.2) is 57.2 Å². The van der Waals surface area contributed by atoms with Gasteiger partial charge in [0.1, 0.15) is 0 Å². The summed E-state index contributed by atoms with van der Waals surface area (Å²) in [4.78, 5) is 18.0. The van der Waals surface area contributed by atoms with Gasteiger partial charge in [-0.2, -0.15) is 0 Å². The number of benzene rings is 1. The number of nitrogens with one attached hydrogen (secondary N) is 2. The topological polar surface area (TPSA) is 66.0 Å². The Bertz CT molecular complexity index is 512. The van der Waals surface area contributed by atoms with Crippen LogP contribution in [0.3, 0.4) is 0 Å². The number of rotatable bonds is 9. The van der Waals surface area contributed by atoms with Gasteiger partial charge in [0.2, 0.25) is 0 Å². The molecule has 1 aromatic carbocycles. The number of amides is 1. The minimum atomic E-state index is 0.00866. The van der Waals surface area contributed by atoms with Crippen molar-refractivity contribution < 1.29 is 9.53 Å². The summed E-state index contributed by atoms with van der Waals surface area (Å²) in [6, 6.07) is 7.57. The highest BCUT2D eigenvalue weighted by molar-refractivity contribution is 5.93. The molecule has 1 aromatic rings. The first-order chi connectivity index (χ1) is 11.6. The average molecular weight is 334 g/mol. The minimum absolute atomic E-state index is 0.00866. The maximum atomic E-state index is 11.9. The largest absolute Gasteiger partial charge is 0.382 e. The van der Waals surface area contributed by atoms with Crippen LogP contribution >= 0.6 is 0 Å². The van der Waals surface area contributed by atoms with Crippen molar-refractivity contribution in [3.05, 3.63) is 35.4 Å². The molecule has 0 saturated heterocycles. The lowest BCUT2D eigenvalue weighted by atomic mass is 10.1. The quantitative estimate of drug-likeness (QED) is 0.411. The molecule has 1 amide bonds. The van der Waals surface area contributed by atoms with Crippen LogP contribution in [0.25, 0.3) is 0 Å². The summed E-state index contributed by atoms with van der Waals surface area (Å²) in [6.07, 6.45) is 0.944. The highest BCUT2D eigenvalue weighted by Crippen LogP contribution is 2.07. The summed E-state index contributed by atoms with van der Waals surface area (Å²) < 4.78 is 5.32. The third-order valence-electron chi connectivity index (χ3n) is 3.33. The minimum Gasteiger partial charge on any atom is -0.382 e. The monoisotopic (exact) mass is 334 g/mol. The lowest BCUT2D eigenvalue weighted by molar-refractivity contribution is 0.0827. The molecule has 6 nitrogen and oxygen atoms in total. The van der Waals surface area contributed by atoms with Crippen LogP contribution in [0.1, 0.15) is 36.2 Å². The molecule has 2 N–H and O–H groups in total. The number of carbonyl (C=O) groups excluding carboxylic acids is 1. The maximum Gasteiger partial charge on any atom is 0.253 e. The Balaban J connectivity index is 2.54. The van der Waals surface area contributed by atoms with E-state index in [0.717, 1.165) is 44.2 Å². The third kappa shape index (κ3) is 7.46.